The lowest BCUT2D eigenvalue weighted by Crippen LogP contribution is -2.49. The molecule has 0 bridgehead atoms. The van der Waals surface area contributed by atoms with Gasteiger partial charge in [-0.1, -0.05) is 32.6 Å². The molecule has 1 aromatic heterocycles. The number of likely N-dealkylation sites (tertiary alicyclic amines) is 1. The summed E-state index contributed by atoms with van der Waals surface area (Å²) in [7, 11) is 4.38. The van der Waals surface area contributed by atoms with E-state index in [9.17, 15) is 4.79 Å². The van der Waals surface area contributed by atoms with Crippen LogP contribution in [0.4, 0.5) is 11.5 Å². The molecule has 0 radical (unpaired) electrons. The Morgan fingerprint density at radius 3 is 2.61 bits per heavy atom. The summed E-state index contributed by atoms with van der Waals surface area (Å²) in [6.07, 6.45) is 4.84. The summed E-state index contributed by atoms with van der Waals surface area (Å²) < 4.78 is 6.34. The van der Waals surface area contributed by atoms with E-state index in [1.807, 2.05) is 4.90 Å². The van der Waals surface area contributed by atoms with Gasteiger partial charge in [0, 0.05) is 56.6 Å². The fourth-order valence-corrected chi connectivity index (χ4v) is 7.15. The predicted octanol–water partition coefficient (Wildman–Crippen LogP) is 3.49. The molecule has 1 amide bonds. The number of nitrogens with zero attached hydrogens (tertiary/aromatic N) is 7. The van der Waals surface area contributed by atoms with E-state index in [1.54, 1.807) is 0 Å². The molecule has 1 aromatic carbocycles. The van der Waals surface area contributed by atoms with Gasteiger partial charge >= 0.3 is 6.01 Å². The second-order valence-electron chi connectivity index (χ2n) is 12.5. The smallest absolute Gasteiger partial charge is 0.318 e. The van der Waals surface area contributed by atoms with Crippen molar-refractivity contribution in [2.24, 2.45) is 5.92 Å². The number of ether oxygens (including phenoxy) is 1. The van der Waals surface area contributed by atoms with Gasteiger partial charge in [0.2, 0.25) is 5.91 Å². The largest absolute Gasteiger partial charge is 0.462 e. The SMILES string of the molecule is C=CC(=O)N1CCN(c2nc(OCC3CCCN3C)nc3c2[C@H](C(C)C)N(c2cccc4c2CN(C)CC4)C3)CC1. The van der Waals surface area contributed by atoms with Crippen LogP contribution in [0.2, 0.25) is 0 Å². The van der Waals surface area contributed by atoms with Crippen molar-refractivity contribution in [3.8, 4) is 6.01 Å². The van der Waals surface area contributed by atoms with Gasteiger partial charge in [0.15, 0.2) is 0 Å². The molecule has 2 fully saturated rings. The molecule has 5 heterocycles. The van der Waals surface area contributed by atoms with Crippen LogP contribution in [0.25, 0.3) is 0 Å². The fourth-order valence-electron chi connectivity index (χ4n) is 7.15. The highest BCUT2D eigenvalue weighted by molar-refractivity contribution is 5.87. The summed E-state index contributed by atoms with van der Waals surface area (Å²) in [5.41, 5.74) is 6.49. The first-order valence-corrected chi connectivity index (χ1v) is 15.3. The van der Waals surface area contributed by atoms with Crippen LogP contribution in [0, 0.1) is 5.92 Å². The van der Waals surface area contributed by atoms with Crippen LogP contribution in [0.5, 0.6) is 6.01 Å². The molecule has 2 atom stereocenters. The summed E-state index contributed by atoms with van der Waals surface area (Å²) in [5, 5.41) is 0. The van der Waals surface area contributed by atoms with Gasteiger partial charge in [-0.3, -0.25) is 4.79 Å². The molecular weight excluding hydrogens is 514 g/mol. The van der Waals surface area contributed by atoms with Crippen molar-refractivity contribution in [2.75, 3.05) is 69.8 Å². The molecule has 2 saturated heterocycles. The second-order valence-corrected chi connectivity index (χ2v) is 12.5. The van der Waals surface area contributed by atoms with Crippen molar-refractivity contribution < 1.29 is 9.53 Å². The molecule has 4 aliphatic heterocycles. The quantitative estimate of drug-likeness (QED) is 0.478. The topological polar surface area (TPSA) is 68.3 Å². The third kappa shape index (κ3) is 5.42. The average molecular weight is 560 g/mol. The van der Waals surface area contributed by atoms with Gasteiger partial charge in [-0.15, -0.1) is 0 Å². The van der Waals surface area contributed by atoms with Crippen LogP contribution in [-0.2, 0) is 24.3 Å². The van der Waals surface area contributed by atoms with Gasteiger partial charge in [-0.25, -0.2) is 0 Å². The monoisotopic (exact) mass is 559 g/mol. The lowest BCUT2D eigenvalue weighted by atomic mass is 9.94. The van der Waals surface area contributed by atoms with Gasteiger partial charge < -0.3 is 29.2 Å². The maximum absolute atomic E-state index is 12.3. The zero-order chi connectivity index (χ0) is 28.7. The number of rotatable bonds is 7. The number of fused-ring (bicyclic) bond motifs is 2. The van der Waals surface area contributed by atoms with Crippen molar-refractivity contribution in [2.45, 2.75) is 58.3 Å². The first-order valence-electron chi connectivity index (χ1n) is 15.3. The van der Waals surface area contributed by atoms with E-state index in [1.165, 1.54) is 34.9 Å². The third-order valence-electron chi connectivity index (χ3n) is 9.46. The number of amides is 1. The Kier molecular flexibility index (Phi) is 7.92. The van der Waals surface area contributed by atoms with Crippen molar-refractivity contribution in [3.05, 3.63) is 53.2 Å². The third-order valence-corrected chi connectivity index (χ3v) is 9.46. The van der Waals surface area contributed by atoms with E-state index in [4.69, 9.17) is 14.7 Å². The summed E-state index contributed by atoms with van der Waals surface area (Å²) in [6.45, 7) is 15.6. The fraction of sp³-hybridized carbons (Fsp3) is 0.594. The minimum atomic E-state index is -0.00711. The Hall–Kier alpha value is -3.17. The Bertz CT molecular complexity index is 1290. The second kappa shape index (κ2) is 11.6. The van der Waals surface area contributed by atoms with E-state index < -0.39 is 0 Å². The van der Waals surface area contributed by atoms with Crippen LogP contribution < -0.4 is 14.5 Å². The molecule has 2 aromatic rings. The van der Waals surface area contributed by atoms with Crippen LogP contribution in [0.3, 0.4) is 0 Å². The number of anilines is 2. The molecule has 41 heavy (non-hydrogen) atoms. The highest BCUT2D eigenvalue weighted by atomic mass is 16.5. The number of benzene rings is 1. The van der Waals surface area contributed by atoms with Crippen molar-refractivity contribution in [1.82, 2.24) is 24.7 Å². The van der Waals surface area contributed by atoms with Crippen LogP contribution in [0.15, 0.2) is 30.9 Å². The Balaban J connectivity index is 1.37. The molecule has 9 nitrogen and oxygen atoms in total. The van der Waals surface area contributed by atoms with E-state index in [-0.39, 0.29) is 11.9 Å². The molecule has 0 aliphatic carbocycles. The van der Waals surface area contributed by atoms with E-state index >= 15 is 0 Å². The minimum absolute atomic E-state index is 0.00711. The van der Waals surface area contributed by atoms with E-state index in [0.717, 1.165) is 63.6 Å². The number of carbonyl (C=O) groups is 1. The van der Waals surface area contributed by atoms with Crippen molar-refractivity contribution in [1.29, 1.82) is 0 Å². The number of piperazine rings is 1. The molecule has 220 valence electrons. The van der Waals surface area contributed by atoms with Crippen LogP contribution >= 0.6 is 0 Å². The highest BCUT2D eigenvalue weighted by Gasteiger charge is 2.40. The van der Waals surface area contributed by atoms with E-state index in [0.29, 0.717) is 37.7 Å². The maximum atomic E-state index is 12.3. The standard InChI is InChI=1S/C32H45N7O2/c1-6-28(40)37-15-17-38(18-16-37)31-29-26(33-32(34-31)41-21-24-10-8-13-36(24)5)20-39(30(29)22(2)3)27-11-7-9-23-12-14-35(4)19-25(23)27/h6-7,9,11,22,24,30H,1,8,10,12-21H2,2-5H3/t24?,30-/m0/s1. The molecule has 0 saturated carbocycles. The molecule has 0 N–H and O–H groups in total. The predicted molar refractivity (Wildman–Crippen MR) is 162 cm³/mol. The van der Waals surface area contributed by atoms with Crippen LogP contribution in [0.1, 0.15) is 55.1 Å². The summed E-state index contributed by atoms with van der Waals surface area (Å²) in [4.78, 5) is 34.1. The molecule has 1 unspecified atom stereocenters. The number of carbonyl (C=O) groups excluding carboxylic acids is 1. The van der Waals surface area contributed by atoms with Gasteiger partial charge in [-0.2, -0.15) is 9.97 Å². The zero-order valence-corrected chi connectivity index (χ0v) is 25.2. The number of aromatic nitrogens is 2. The summed E-state index contributed by atoms with van der Waals surface area (Å²) in [6, 6.07) is 7.83. The first kappa shape index (κ1) is 28.0. The molecule has 4 aliphatic rings. The molecule has 6 rings (SSSR count). The normalized spacial score (nSPS) is 23.2. The van der Waals surface area contributed by atoms with Crippen LogP contribution in [-0.4, -0.2) is 96.6 Å². The van der Waals surface area contributed by atoms with Gasteiger partial charge in [0.05, 0.1) is 18.3 Å². The highest BCUT2D eigenvalue weighted by Crippen LogP contribution is 2.47. The Labute approximate surface area is 244 Å². The van der Waals surface area contributed by atoms with Gasteiger partial charge in [-0.05, 0) is 69.1 Å². The first-order chi connectivity index (χ1) is 19.8. The van der Waals surface area contributed by atoms with Gasteiger partial charge in [0.1, 0.15) is 12.4 Å². The van der Waals surface area contributed by atoms with Gasteiger partial charge in [0.25, 0.3) is 0 Å². The van der Waals surface area contributed by atoms with E-state index in [2.05, 4.69) is 72.3 Å². The Morgan fingerprint density at radius 1 is 1.10 bits per heavy atom. The van der Waals surface area contributed by atoms with Crippen molar-refractivity contribution in [3.63, 3.8) is 0 Å². The molecule has 9 heteroatoms. The Morgan fingerprint density at radius 2 is 1.90 bits per heavy atom. The molecular formula is C32H45N7O2. The zero-order valence-electron chi connectivity index (χ0n) is 25.2. The summed E-state index contributed by atoms with van der Waals surface area (Å²) in [5.74, 6) is 1.32. The van der Waals surface area contributed by atoms with Crippen molar-refractivity contribution >= 4 is 17.4 Å². The lowest BCUT2D eigenvalue weighted by Gasteiger charge is -2.38. The average Bonchev–Trinajstić information content (AvgIpc) is 3.58. The summed E-state index contributed by atoms with van der Waals surface area (Å²) >= 11 is 0. The minimum Gasteiger partial charge on any atom is -0.462 e. The number of hydrogen-bond acceptors (Lipinski definition) is 8. The molecule has 0 spiro atoms. The maximum Gasteiger partial charge on any atom is 0.318 e. The number of hydrogen-bond donors (Lipinski definition) is 0. The number of likely N-dealkylation sites (N-methyl/N-ethyl adjacent to an activating group) is 2. The lowest BCUT2D eigenvalue weighted by molar-refractivity contribution is -0.126.